The molecule has 13 heteroatoms. The molecule has 2 aliphatic heterocycles. The second-order valence-corrected chi connectivity index (χ2v) is 13.6. The van der Waals surface area contributed by atoms with E-state index in [1.165, 1.54) is 0 Å². The van der Waals surface area contributed by atoms with Gasteiger partial charge in [0.15, 0.2) is 6.29 Å². The lowest BCUT2D eigenvalue weighted by Gasteiger charge is -2.34. The zero-order valence-corrected chi connectivity index (χ0v) is 29.3. The van der Waals surface area contributed by atoms with Gasteiger partial charge in [0.25, 0.3) is 0 Å². The van der Waals surface area contributed by atoms with Crippen molar-refractivity contribution in [1.82, 2.24) is 4.98 Å². The van der Waals surface area contributed by atoms with Crippen molar-refractivity contribution in [1.29, 1.82) is 0 Å². The third kappa shape index (κ3) is 6.74. The van der Waals surface area contributed by atoms with E-state index in [1.807, 2.05) is 24.3 Å². The second-order valence-electron chi connectivity index (χ2n) is 13.6. The van der Waals surface area contributed by atoms with Crippen LogP contribution in [0.25, 0.3) is 16.5 Å². The van der Waals surface area contributed by atoms with Crippen LogP contribution in [0.1, 0.15) is 74.1 Å². The first-order valence-electron chi connectivity index (χ1n) is 17.7. The van der Waals surface area contributed by atoms with Crippen molar-refractivity contribution in [3.05, 3.63) is 69.6 Å². The van der Waals surface area contributed by atoms with Crippen molar-refractivity contribution >= 4 is 34.5 Å². The van der Waals surface area contributed by atoms with Crippen LogP contribution in [0.15, 0.2) is 47.4 Å². The fraction of sp³-hybridized carbons (Fsp3) is 0.462. The molecule has 1 aromatic heterocycles. The number of Topliss-reactive ketones (excluding diaryl/α,β-unsaturated/α-hetero) is 1. The summed E-state index contributed by atoms with van der Waals surface area (Å²) >= 11 is 0. The van der Waals surface area contributed by atoms with Gasteiger partial charge < -0.3 is 49.5 Å². The maximum Gasteiger partial charge on any atom is 0.375 e. The zero-order chi connectivity index (χ0) is 37.2. The Morgan fingerprint density at radius 1 is 1.08 bits per heavy atom. The maximum atomic E-state index is 13.9. The molecule has 1 fully saturated rings. The molecule has 0 radical (unpaired) electrons. The summed E-state index contributed by atoms with van der Waals surface area (Å²) in [6.45, 7) is 1.80. The number of ether oxygens (including phenoxy) is 4. The number of esters is 1. The Kier molecular flexibility index (Phi) is 11.2. The van der Waals surface area contributed by atoms with Crippen molar-refractivity contribution < 1.29 is 58.9 Å². The number of rotatable bonds is 14. The molecule has 4 unspecified atom stereocenters. The normalized spacial score (nSPS) is 22.4. The summed E-state index contributed by atoms with van der Waals surface area (Å²) in [5.74, 6) is -2.69. The van der Waals surface area contributed by atoms with Crippen LogP contribution in [0.5, 0.6) is 17.2 Å². The number of aromatic nitrogens is 1. The number of allylic oxidation sites excluding steroid dienone is 3. The molecule has 13 nitrogen and oxygen atoms in total. The van der Waals surface area contributed by atoms with E-state index in [1.54, 1.807) is 20.0 Å². The van der Waals surface area contributed by atoms with Gasteiger partial charge in [0.1, 0.15) is 29.1 Å². The summed E-state index contributed by atoms with van der Waals surface area (Å²) in [4.78, 5) is 43.7. The summed E-state index contributed by atoms with van der Waals surface area (Å²) < 4.78 is 24.3. The first-order valence-corrected chi connectivity index (χ1v) is 17.7. The molecule has 4 atom stereocenters. The van der Waals surface area contributed by atoms with E-state index < -0.39 is 48.5 Å². The predicted molar refractivity (Wildman–Crippen MR) is 188 cm³/mol. The molecule has 6 rings (SSSR count). The number of aldehydes is 1. The van der Waals surface area contributed by atoms with Crippen LogP contribution in [0, 0.1) is 5.92 Å². The highest BCUT2D eigenvalue weighted by molar-refractivity contribution is 6.11. The summed E-state index contributed by atoms with van der Waals surface area (Å²) in [6, 6.07) is 7.53. The molecule has 3 aromatic rings. The molecule has 2 aromatic carbocycles. The molecule has 1 aliphatic carbocycles. The van der Waals surface area contributed by atoms with Crippen LogP contribution in [0.3, 0.4) is 0 Å². The minimum Gasteiger partial charge on any atom is -0.492 e. The number of H-pyrrole nitrogens is 1. The second kappa shape index (κ2) is 15.6. The van der Waals surface area contributed by atoms with E-state index in [0.29, 0.717) is 29.4 Å². The smallest absolute Gasteiger partial charge is 0.375 e. The fourth-order valence-corrected chi connectivity index (χ4v) is 7.59. The topological polar surface area (TPSA) is 205 Å². The third-order valence-corrected chi connectivity index (χ3v) is 10.2. The average Bonchev–Trinajstić information content (AvgIpc) is 3.81. The number of benzene rings is 2. The summed E-state index contributed by atoms with van der Waals surface area (Å²) in [7, 11) is 0. The molecule has 3 heterocycles. The van der Waals surface area contributed by atoms with Gasteiger partial charge in [0, 0.05) is 60.7 Å². The Morgan fingerprint density at radius 2 is 1.87 bits per heavy atom. The van der Waals surface area contributed by atoms with Gasteiger partial charge in [-0.1, -0.05) is 11.6 Å². The highest BCUT2D eigenvalue weighted by Gasteiger charge is 2.46. The molecular formula is C39H45NO12. The molecular weight excluding hydrogens is 674 g/mol. The molecule has 6 N–H and O–H groups in total. The van der Waals surface area contributed by atoms with Gasteiger partial charge in [-0.2, -0.15) is 0 Å². The van der Waals surface area contributed by atoms with E-state index in [0.717, 1.165) is 10.9 Å². The van der Waals surface area contributed by atoms with E-state index in [9.17, 15) is 39.9 Å². The quantitative estimate of drug-likeness (QED) is 0.0808. The fourth-order valence-electron chi connectivity index (χ4n) is 7.59. The number of carbonyl (C=O) groups excluding carboxylic acids is 3. The van der Waals surface area contributed by atoms with Crippen LogP contribution >= 0.6 is 0 Å². The number of aliphatic hydroxyl groups excluding tert-OH is 4. The number of carbonyl (C=O) groups is 3. The van der Waals surface area contributed by atoms with Crippen LogP contribution in [0.4, 0.5) is 0 Å². The Bertz CT molecular complexity index is 1920. The SMILES string of the molecule is CCOC(=O)C1=C(C=O)C(=C2CC(CO)C(=O)C(c3ccc4[nH]ccc4c3)C2)c2c(OCCCO)c3c(c(CO)c2O1)OC(C(C)(O)CCCO)C3. The maximum absolute atomic E-state index is 13.9. The van der Waals surface area contributed by atoms with Crippen molar-refractivity contribution in [2.75, 3.05) is 33.0 Å². The lowest BCUT2D eigenvalue weighted by Crippen LogP contribution is -2.42. The van der Waals surface area contributed by atoms with Gasteiger partial charge >= 0.3 is 5.97 Å². The molecule has 3 aliphatic rings. The van der Waals surface area contributed by atoms with Crippen LogP contribution in [-0.4, -0.2) is 93.3 Å². The van der Waals surface area contributed by atoms with E-state index >= 15 is 0 Å². The summed E-state index contributed by atoms with van der Waals surface area (Å²) in [5.41, 5.74) is 1.74. The largest absolute Gasteiger partial charge is 0.492 e. The third-order valence-electron chi connectivity index (χ3n) is 10.2. The van der Waals surface area contributed by atoms with Gasteiger partial charge in [-0.05, 0) is 68.7 Å². The Labute approximate surface area is 300 Å². The lowest BCUT2D eigenvalue weighted by atomic mass is 9.71. The van der Waals surface area contributed by atoms with Gasteiger partial charge in [0.2, 0.25) is 5.76 Å². The van der Waals surface area contributed by atoms with Gasteiger partial charge in [-0.15, -0.1) is 0 Å². The van der Waals surface area contributed by atoms with E-state index in [-0.39, 0.29) is 104 Å². The van der Waals surface area contributed by atoms with Crippen molar-refractivity contribution in [3.8, 4) is 17.2 Å². The minimum absolute atomic E-state index is 0.0187. The monoisotopic (exact) mass is 719 g/mol. The molecule has 0 amide bonds. The van der Waals surface area contributed by atoms with Crippen LogP contribution in [0.2, 0.25) is 0 Å². The number of aliphatic hydroxyl groups is 5. The average molecular weight is 720 g/mol. The number of ketones is 1. The molecule has 0 saturated heterocycles. The summed E-state index contributed by atoms with van der Waals surface area (Å²) in [5, 5.41) is 52.9. The molecule has 278 valence electrons. The number of hydrogen-bond donors (Lipinski definition) is 6. The van der Waals surface area contributed by atoms with Crippen molar-refractivity contribution in [2.24, 2.45) is 5.92 Å². The predicted octanol–water partition coefficient (Wildman–Crippen LogP) is 3.17. The number of hydrogen-bond acceptors (Lipinski definition) is 12. The van der Waals surface area contributed by atoms with Crippen molar-refractivity contribution in [3.63, 3.8) is 0 Å². The number of nitrogens with one attached hydrogen (secondary N) is 1. The lowest BCUT2D eigenvalue weighted by molar-refractivity contribution is -0.141. The number of aromatic amines is 1. The molecule has 0 spiro atoms. The number of fused-ring (bicyclic) bond motifs is 3. The van der Waals surface area contributed by atoms with Crippen molar-refractivity contribution in [2.45, 2.75) is 76.6 Å². The Hall–Kier alpha value is -4.53. The highest BCUT2D eigenvalue weighted by atomic mass is 16.6. The van der Waals surface area contributed by atoms with Crippen LogP contribution < -0.4 is 14.2 Å². The Morgan fingerprint density at radius 3 is 2.56 bits per heavy atom. The van der Waals surface area contributed by atoms with Gasteiger partial charge in [0.05, 0.1) is 48.7 Å². The zero-order valence-electron chi connectivity index (χ0n) is 29.3. The van der Waals surface area contributed by atoms with E-state index in [4.69, 9.17) is 18.9 Å². The minimum atomic E-state index is -1.41. The van der Waals surface area contributed by atoms with Crippen LogP contribution in [-0.2, 0) is 32.1 Å². The van der Waals surface area contributed by atoms with Gasteiger partial charge in [-0.3, -0.25) is 9.59 Å². The van der Waals surface area contributed by atoms with E-state index in [2.05, 4.69) is 4.98 Å². The Balaban J connectivity index is 1.62. The first kappa shape index (κ1) is 37.2. The highest BCUT2D eigenvalue weighted by Crippen LogP contribution is 2.57. The summed E-state index contributed by atoms with van der Waals surface area (Å²) in [6.07, 6.45) is 2.52. The van der Waals surface area contributed by atoms with Gasteiger partial charge in [-0.25, -0.2) is 4.79 Å². The molecule has 52 heavy (non-hydrogen) atoms. The first-order chi connectivity index (χ1) is 25.1. The molecule has 1 saturated carbocycles. The molecule has 0 bridgehead atoms. The standard InChI is InChI=1S/C39H45NO12/c1-3-49-38(47)37-27(19-44)31(23-15-24(18-43)33(46)25(16-23)21-6-7-29-22(14-21)8-10-40-29)32-35(50-13-5-12-42)26-17-30(39(2,48)9-4-11-41)51-34(26)28(20-45)36(32)52-37/h6-8,10,14,19,24-25,30,40-43,45,48H,3-5,9,11-13,15-18,20H2,1-2H3.